The number of rotatable bonds is 17. The second kappa shape index (κ2) is 17.2. The van der Waals surface area contributed by atoms with Crippen LogP contribution in [0.1, 0.15) is 101 Å². The third-order valence-electron chi connectivity index (χ3n) is 7.54. The highest BCUT2D eigenvalue weighted by Crippen LogP contribution is 2.36. The summed E-state index contributed by atoms with van der Waals surface area (Å²) in [6.45, 7) is 4.15. The van der Waals surface area contributed by atoms with E-state index in [-0.39, 0.29) is 23.7 Å². The second-order valence-corrected chi connectivity index (χ2v) is 12.1. The summed E-state index contributed by atoms with van der Waals surface area (Å²) in [4.78, 5) is 37.3. The number of Topliss-reactive ketones (excluding diaryl/α,β-unsaturated/α-hetero) is 1. The molecule has 0 spiro atoms. The van der Waals surface area contributed by atoms with Crippen molar-refractivity contribution in [1.29, 1.82) is 0 Å². The number of ether oxygens (including phenoxy) is 1. The van der Waals surface area contributed by atoms with Gasteiger partial charge in [0.15, 0.2) is 0 Å². The first-order chi connectivity index (χ1) is 19.0. The van der Waals surface area contributed by atoms with Crippen molar-refractivity contribution >= 4 is 35.1 Å². The van der Waals surface area contributed by atoms with Crippen LogP contribution in [0.3, 0.4) is 0 Å². The molecule has 1 N–H and O–H groups in total. The molecule has 0 bridgehead atoms. The highest BCUT2D eigenvalue weighted by Gasteiger charge is 2.34. The molecule has 2 aromatic rings. The van der Waals surface area contributed by atoms with Gasteiger partial charge in [-0.2, -0.15) is 11.8 Å². The van der Waals surface area contributed by atoms with Crippen LogP contribution in [-0.2, 0) is 9.59 Å². The molecule has 1 amide bonds. The summed E-state index contributed by atoms with van der Waals surface area (Å²) >= 11 is 2.03. The van der Waals surface area contributed by atoms with Gasteiger partial charge in [-0.05, 0) is 67.8 Å². The zero-order valence-corrected chi connectivity index (χ0v) is 24.5. The number of carbonyl (C=O) groups excluding carboxylic acids is 3. The van der Waals surface area contributed by atoms with Crippen molar-refractivity contribution < 1.29 is 19.1 Å². The van der Waals surface area contributed by atoms with Crippen LogP contribution in [-0.4, -0.2) is 28.7 Å². The van der Waals surface area contributed by atoms with Gasteiger partial charge in [0.1, 0.15) is 11.5 Å². The molecule has 0 heterocycles. The summed E-state index contributed by atoms with van der Waals surface area (Å²) in [6.07, 6.45) is 13.1. The predicted molar refractivity (Wildman–Crippen MR) is 161 cm³/mol. The molecular weight excluding hydrogens is 506 g/mol. The molecule has 0 saturated heterocycles. The Labute approximate surface area is 238 Å². The number of carbonyl (C=O) groups is 3. The fourth-order valence-corrected chi connectivity index (χ4v) is 6.57. The number of anilines is 1. The molecule has 1 aliphatic rings. The standard InChI is InChI=1S/C33H45NO4S/c1-3-4-5-6-13-24-39-31-23-22-30(35)29(31)17-12-7-9-14-25(2)33(37)38-28-20-18-27(19-21-28)34-32(36)26-15-10-8-11-16-26/h8,10-11,15-16,18-21,25,29,31H,3-7,9,12-14,17,22-24H2,1-2H3,(H,34,36)/t25?,29-,31-/m0/s1. The van der Waals surface area contributed by atoms with E-state index in [0.717, 1.165) is 44.9 Å². The van der Waals surface area contributed by atoms with Gasteiger partial charge in [-0.1, -0.05) is 77.0 Å². The molecule has 2 aromatic carbocycles. The first-order valence-corrected chi connectivity index (χ1v) is 15.8. The Morgan fingerprint density at radius 3 is 2.41 bits per heavy atom. The van der Waals surface area contributed by atoms with Crippen LogP contribution in [0.4, 0.5) is 5.69 Å². The Morgan fingerprint density at radius 1 is 0.949 bits per heavy atom. The highest BCUT2D eigenvalue weighted by atomic mass is 32.2. The van der Waals surface area contributed by atoms with E-state index < -0.39 is 0 Å². The van der Waals surface area contributed by atoms with E-state index in [1.54, 1.807) is 36.4 Å². The lowest BCUT2D eigenvalue weighted by molar-refractivity contribution is -0.138. The van der Waals surface area contributed by atoms with Crippen molar-refractivity contribution in [3.63, 3.8) is 0 Å². The van der Waals surface area contributed by atoms with E-state index in [9.17, 15) is 14.4 Å². The third kappa shape index (κ3) is 10.8. The summed E-state index contributed by atoms with van der Waals surface area (Å²) in [5.74, 6) is 1.73. The molecule has 1 saturated carbocycles. The maximum absolute atomic E-state index is 12.6. The minimum atomic E-state index is -0.238. The van der Waals surface area contributed by atoms with E-state index in [4.69, 9.17) is 4.74 Å². The number of amides is 1. The lowest BCUT2D eigenvalue weighted by Crippen LogP contribution is -2.18. The van der Waals surface area contributed by atoms with Gasteiger partial charge in [-0.25, -0.2) is 0 Å². The Hall–Kier alpha value is -2.60. The maximum atomic E-state index is 12.6. The molecule has 5 nitrogen and oxygen atoms in total. The summed E-state index contributed by atoms with van der Waals surface area (Å²) in [5, 5.41) is 3.35. The number of nitrogens with one attached hydrogen (secondary N) is 1. The smallest absolute Gasteiger partial charge is 0.314 e. The summed E-state index contributed by atoms with van der Waals surface area (Å²) in [6, 6.07) is 15.9. The van der Waals surface area contributed by atoms with Gasteiger partial charge in [0.25, 0.3) is 5.91 Å². The Morgan fingerprint density at radius 2 is 1.67 bits per heavy atom. The van der Waals surface area contributed by atoms with Crippen LogP contribution in [0.25, 0.3) is 0 Å². The summed E-state index contributed by atoms with van der Waals surface area (Å²) < 4.78 is 5.56. The first kappa shape index (κ1) is 30.9. The number of unbranched alkanes of at least 4 members (excludes halogenated alkanes) is 6. The van der Waals surface area contributed by atoms with Crippen molar-refractivity contribution in [1.82, 2.24) is 0 Å². The average molecular weight is 552 g/mol. The monoisotopic (exact) mass is 551 g/mol. The fraction of sp³-hybridized carbons (Fsp3) is 0.545. The summed E-state index contributed by atoms with van der Waals surface area (Å²) in [5.41, 5.74) is 1.23. The largest absolute Gasteiger partial charge is 0.426 e. The Bertz CT molecular complexity index is 1020. The average Bonchev–Trinajstić information content (AvgIpc) is 3.30. The van der Waals surface area contributed by atoms with Crippen molar-refractivity contribution in [2.24, 2.45) is 11.8 Å². The van der Waals surface area contributed by atoms with Crippen molar-refractivity contribution in [2.45, 2.75) is 96.1 Å². The first-order valence-electron chi connectivity index (χ1n) is 14.8. The van der Waals surface area contributed by atoms with Gasteiger partial charge in [0, 0.05) is 28.8 Å². The number of benzene rings is 2. The van der Waals surface area contributed by atoms with Crippen LogP contribution in [0.5, 0.6) is 5.75 Å². The van der Waals surface area contributed by atoms with Gasteiger partial charge >= 0.3 is 5.97 Å². The molecule has 3 atom stereocenters. The lowest BCUT2D eigenvalue weighted by Gasteiger charge is -2.18. The quantitative estimate of drug-likeness (QED) is 0.121. The minimum absolute atomic E-state index is 0.182. The number of thioether (sulfide) groups is 1. The molecule has 1 unspecified atom stereocenters. The maximum Gasteiger partial charge on any atom is 0.314 e. The fourth-order valence-electron chi connectivity index (χ4n) is 5.09. The Balaban J connectivity index is 1.30. The van der Waals surface area contributed by atoms with Crippen LogP contribution in [0.2, 0.25) is 0 Å². The van der Waals surface area contributed by atoms with E-state index in [1.807, 2.05) is 36.9 Å². The third-order valence-corrected chi connectivity index (χ3v) is 9.06. The zero-order valence-electron chi connectivity index (χ0n) is 23.7. The van der Waals surface area contributed by atoms with E-state index in [1.165, 1.54) is 37.9 Å². The van der Waals surface area contributed by atoms with Crippen LogP contribution < -0.4 is 10.1 Å². The highest BCUT2D eigenvalue weighted by molar-refractivity contribution is 7.99. The molecular formula is C33H45NO4S. The number of hydrogen-bond donors (Lipinski definition) is 1. The van der Waals surface area contributed by atoms with Crippen LogP contribution in [0, 0.1) is 11.8 Å². The van der Waals surface area contributed by atoms with Gasteiger partial charge in [0.2, 0.25) is 0 Å². The number of esters is 1. The van der Waals surface area contributed by atoms with Gasteiger partial charge in [-0.15, -0.1) is 0 Å². The van der Waals surface area contributed by atoms with Crippen LogP contribution >= 0.6 is 11.8 Å². The lowest BCUT2D eigenvalue weighted by atomic mass is 9.96. The second-order valence-electron chi connectivity index (χ2n) is 10.7. The van der Waals surface area contributed by atoms with Gasteiger partial charge in [-0.3, -0.25) is 14.4 Å². The van der Waals surface area contributed by atoms with Crippen molar-refractivity contribution in [2.75, 3.05) is 11.1 Å². The minimum Gasteiger partial charge on any atom is -0.426 e. The molecule has 0 aliphatic heterocycles. The molecule has 0 aromatic heterocycles. The normalized spacial score (nSPS) is 17.6. The topological polar surface area (TPSA) is 72.5 Å². The predicted octanol–water partition coefficient (Wildman–Crippen LogP) is 8.48. The SMILES string of the molecule is CCCCCCCS[C@H]1CCC(=O)[C@@H]1CCCCCC(C)C(=O)Oc1ccc(NC(=O)c2ccccc2)cc1. The van der Waals surface area contributed by atoms with Crippen LogP contribution in [0.15, 0.2) is 54.6 Å². The van der Waals surface area contributed by atoms with Gasteiger partial charge < -0.3 is 10.1 Å². The van der Waals surface area contributed by atoms with E-state index in [0.29, 0.717) is 28.0 Å². The molecule has 1 fully saturated rings. The van der Waals surface area contributed by atoms with E-state index in [2.05, 4.69) is 12.2 Å². The summed E-state index contributed by atoms with van der Waals surface area (Å²) in [7, 11) is 0. The molecule has 3 rings (SSSR count). The molecule has 212 valence electrons. The van der Waals surface area contributed by atoms with Gasteiger partial charge in [0.05, 0.1) is 5.92 Å². The number of hydrogen-bond acceptors (Lipinski definition) is 5. The molecule has 6 heteroatoms. The van der Waals surface area contributed by atoms with Crippen molar-refractivity contribution in [3.05, 3.63) is 60.2 Å². The number of ketones is 1. The molecule has 39 heavy (non-hydrogen) atoms. The zero-order chi connectivity index (χ0) is 27.9. The molecule has 0 radical (unpaired) electrons. The molecule has 1 aliphatic carbocycles. The Kier molecular flexibility index (Phi) is 13.6. The van der Waals surface area contributed by atoms with Crippen molar-refractivity contribution in [3.8, 4) is 5.75 Å². The van der Waals surface area contributed by atoms with E-state index >= 15 is 0 Å².